The van der Waals surface area contributed by atoms with Gasteiger partial charge in [-0.15, -0.1) is 0 Å². The minimum atomic E-state index is -0.990. The Hall–Kier alpha value is -2.16. The van der Waals surface area contributed by atoms with Crippen molar-refractivity contribution in [3.8, 4) is 0 Å². The molecule has 2 rings (SSSR count). The summed E-state index contributed by atoms with van der Waals surface area (Å²) in [6.45, 7) is 2.56. The van der Waals surface area contributed by atoms with Gasteiger partial charge >= 0.3 is 11.8 Å². The Morgan fingerprint density at radius 3 is 2.67 bits per heavy atom. The van der Waals surface area contributed by atoms with Gasteiger partial charge in [0, 0.05) is 27.1 Å². The number of piperidine rings is 1. The van der Waals surface area contributed by atoms with Crippen LogP contribution >= 0.6 is 0 Å². The zero-order chi connectivity index (χ0) is 15.6. The monoisotopic (exact) mass is 298 g/mol. The quantitative estimate of drug-likeness (QED) is 0.629. The third-order valence-electron chi connectivity index (χ3n) is 3.63. The smallest absolute Gasteiger partial charge is 0.406 e. The normalized spacial score (nSPS) is 16.2. The number of aryl methyl sites for hydroxylation is 1. The summed E-state index contributed by atoms with van der Waals surface area (Å²) in [5, 5.41) is 19.7. The molecular weight excluding hydrogens is 280 g/mol. The molecule has 0 spiro atoms. The molecule has 1 aromatic rings. The SMILES string of the molecule is Cc1nc([N+](=O)[O-])c(N2CCC(OCC(=O)O)CC2)n1C. The lowest BCUT2D eigenvalue weighted by Crippen LogP contribution is -2.38. The third-order valence-corrected chi connectivity index (χ3v) is 3.63. The summed E-state index contributed by atoms with van der Waals surface area (Å²) in [7, 11) is 1.75. The van der Waals surface area contributed by atoms with Crippen molar-refractivity contribution in [1.82, 2.24) is 9.55 Å². The number of aromatic nitrogens is 2. The highest BCUT2D eigenvalue weighted by Gasteiger charge is 2.31. The number of hydrogen-bond acceptors (Lipinski definition) is 6. The van der Waals surface area contributed by atoms with E-state index in [9.17, 15) is 14.9 Å². The number of nitrogens with zero attached hydrogens (tertiary/aromatic N) is 4. The molecule has 0 radical (unpaired) electrons. The number of imidazole rings is 1. The zero-order valence-corrected chi connectivity index (χ0v) is 12.0. The van der Waals surface area contributed by atoms with Crippen LogP contribution in [0.4, 0.5) is 11.6 Å². The molecule has 1 N–H and O–H groups in total. The number of ether oxygens (including phenoxy) is 1. The molecule has 1 saturated heterocycles. The van der Waals surface area contributed by atoms with E-state index in [0.29, 0.717) is 37.6 Å². The average Bonchev–Trinajstić information content (AvgIpc) is 2.74. The minimum Gasteiger partial charge on any atom is -0.480 e. The second-order valence-corrected chi connectivity index (χ2v) is 5.01. The molecule has 0 aromatic carbocycles. The van der Waals surface area contributed by atoms with E-state index in [2.05, 4.69) is 4.98 Å². The number of aliphatic carboxylic acids is 1. The van der Waals surface area contributed by atoms with Crippen LogP contribution in [0.5, 0.6) is 0 Å². The number of rotatable bonds is 5. The molecule has 1 fully saturated rings. The van der Waals surface area contributed by atoms with E-state index in [1.54, 1.807) is 18.5 Å². The lowest BCUT2D eigenvalue weighted by molar-refractivity contribution is -0.388. The van der Waals surface area contributed by atoms with Crippen molar-refractivity contribution in [1.29, 1.82) is 0 Å². The van der Waals surface area contributed by atoms with E-state index in [1.165, 1.54) is 0 Å². The summed E-state index contributed by atoms with van der Waals surface area (Å²) in [6.07, 6.45) is 1.15. The van der Waals surface area contributed by atoms with E-state index in [0.717, 1.165) is 0 Å². The molecule has 2 heterocycles. The molecule has 0 saturated carbocycles. The van der Waals surface area contributed by atoms with Crippen LogP contribution in [0.15, 0.2) is 0 Å². The van der Waals surface area contributed by atoms with Crippen molar-refractivity contribution in [3.05, 3.63) is 15.9 Å². The number of carboxylic acids is 1. The number of anilines is 1. The maximum atomic E-state index is 11.1. The molecule has 0 amide bonds. The molecular formula is C12H18N4O5. The minimum absolute atomic E-state index is 0.120. The Balaban J connectivity index is 2.05. The van der Waals surface area contributed by atoms with Gasteiger partial charge in [-0.05, 0) is 22.7 Å². The van der Waals surface area contributed by atoms with E-state index in [4.69, 9.17) is 9.84 Å². The van der Waals surface area contributed by atoms with Gasteiger partial charge < -0.3 is 24.9 Å². The second-order valence-electron chi connectivity index (χ2n) is 5.01. The van der Waals surface area contributed by atoms with Crippen LogP contribution in [0.3, 0.4) is 0 Å². The highest BCUT2D eigenvalue weighted by Crippen LogP contribution is 2.30. The third kappa shape index (κ3) is 3.30. The maximum Gasteiger partial charge on any atom is 0.406 e. The Labute approximate surface area is 121 Å². The van der Waals surface area contributed by atoms with Gasteiger partial charge in [0.1, 0.15) is 6.61 Å². The zero-order valence-electron chi connectivity index (χ0n) is 12.0. The summed E-state index contributed by atoms with van der Waals surface area (Å²) in [5.41, 5.74) is 0. The molecule has 1 aliphatic rings. The molecule has 0 atom stereocenters. The van der Waals surface area contributed by atoms with Crippen molar-refractivity contribution >= 4 is 17.6 Å². The molecule has 9 nitrogen and oxygen atoms in total. The van der Waals surface area contributed by atoms with Crippen molar-refractivity contribution < 1.29 is 19.6 Å². The first-order valence-corrected chi connectivity index (χ1v) is 6.66. The molecule has 116 valence electrons. The molecule has 9 heteroatoms. The predicted octanol–water partition coefficient (Wildman–Crippen LogP) is 0.707. The Morgan fingerprint density at radius 1 is 1.52 bits per heavy atom. The van der Waals surface area contributed by atoms with Crippen LogP contribution in [-0.2, 0) is 16.6 Å². The Bertz CT molecular complexity index is 548. The largest absolute Gasteiger partial charge is 0.480 e. The number of carboxylic acid groups (broad SMARTS) is 1. The molecule has 0 unspecified atom stereocenters. The van der Waals surface area contributed by atoms with Gasteiger partial charge in [-0.1, -0.05) is 0 Å². The number of nitro groups is 1. The first kappa shape index (κ1) is 15.2. The van der Waals surface area contributed by atoms with Gasteiger partial charge in [-0.3, -0.25) is 4.57 Å². The Kier molecular flexibility index (Phi) is 4.41. The molecule has 1 aromatic heterocycles. The summed E-state index contributed by atoms with van der Waals surface area (Å²) in [4.78, 5) is 27.0. The van der Waals surface area contributed by atoms with E-state index in [-0.39, 0.29) is 18.5 Å². The number of carbonyl (C=O) groups is 1. The van der Waals surface area contributed by atoms with Gasteiger partial charge in [0.15, 0.2) is 0 Å². The fraction of sp³-hybridized carbons (Fsp3) is 0.667. The van der Waals surface area contributed by atoms with Crippen molar-refractivity contribution in [2.75, 3.05) is 24.6 Å². The first-order valence-electron chi connectivity index (χ1n) is 6.66. The maximum absolute atomic E-state index is 11.1. The van der Waals surface area contributed by atoms with E-state index >= 15 is 0 Å². The molecule has 1 aliphatic heterocycles. The van der Waals surface area contributed by atoms with E-state index in [1.807, 2.05) is 4.90 Å². The summed E-state index contributed by atoms with van der Waals surface area (Å²) >= 11 is 0. The Morgan fingerprint density at radius 2 is 2.14 bits per heavy atom. The topological polar surface area (TPSA) is 111 Å². The van der Waals surface area contributed by atoms with Crippen molar-refractivity contribution in [3.63, 3.8) is 0 Å². The number of hydrogen-bond donors (Lipinski definition) is 1. The van der Waals surface area contributed by atoms with Gasteiger partial charge in [-0.2, -0.15) is 0 Å². The van der Waals surface area contributed by atoms with Gasteiger partial charge in [0.2, 0.25) is 11.6 Å². The lowest BCUT2D eigenvalue weighted by atomic mass is 10.1. The van der Waals surface area contributed by atoms with Crippen LogP contribution in [0.2, 0.25) is 0 Å². The van der Waals surface area contributed by atoms with Crippen LogP contribution in [0, 0.1) is 17.0 Å². The average molecular weight is 298 g/mol. The van der Waals surface area contributed by atoms with Crippen LogP contribution in [0.1, 0.15) is 18.7 Å². The standard InChI is InChI=1S/C12H18N4O5/c1-8-13-11(16(19)20)12(14(8)2)15-5-3-9(4-6-15)21-7-10(17)18/h9H,3-7H2,1-2H3,(H,17,18). The first-order chi connectivity index (χ1) is 9.90. The van der Waals surface area contributed by atoms with Gasteiger partial charge in [-0.25, -0.2) is 4.79 Å². The molecule has 0 aliphatic carbocycles. The molecule has 21 heavy (non-hydrogen) atoms. The van der Waals surface area contributed by atoms with Crippen LogP contribution in [-0.4, -0.2) is 51.4 Å². The van der Waals surface area contributed by atoms with Crippen molar-refractivity contribution in [2.24, 2.45) is 7.05 Å². The highest BCUT2D eigenvalue weighted by atomic mass is 16.6. The predicted molar refractivity (Wildman–Crippen MR) is 73.4 cm³/mol. The fourth-order valence-electron chi connectivity index (χ4n) is 2.48. The highest BCUT2D eigenvalue weighted by molar-refractivity contribution is 5.68. The lowest BCUT2D eigenvalue weighted by Gasteiger charge is -2.32. The summed E-state index contributed by atoms with van der Waals surface area (Å²) < 4.78 is 6.96. The summed E-state index contributed by atoms with van der Waals surface area (Å²) in [5.74, 6) is -0.0506. The second kappa shape index (κ2) is 6.08. The van der Waals surface area contributed by atoms with Gasteiger partial charge in [0.05, 0.1) is 6.10 Å². The van der Waals surface area contributed by atoms with Gasteiger partial charge in [0.25, 0.3) is 0 Å². The van der Waals surface area contributed by atoms with Crippen LogP contribution < -0.4 is 4.90 Å². The molecule has 0 bridgehead atoms. The van der Waals surface area contributed by atoms with Crippen molar-refractivity contribution in [2.45, 2.75) is 25.9 Å². The van der Waals surface area contributed by atoms with Crippen LogP contribution in [0.25, 0.3) is 0 Å². The fourth-order valence-corrected chi connectivity index (χ4v) is 2.48. The summed E-state index contributed by atoms with van der Waals surface area (Å²) in [6, 6.07) is 0. The van der Waals surface area contributed by atoms with E-state index < -0.39 is 10.9 Å².